The summed E-state index contributed by atoms with van der Waals surface area (Å²) in [5, 5.41) is 2.81. The van der Waals surface area contributed by atoms with Crippen LogP contribution in [0.5, 0.6) is 5.88 Å². The number of nitrogens with one attached hydrogen (secondary N) is 1. The van der Waals surface area contributed by atoms with Gasteiger partial charge in [-0.1, -0.05) is 13.0 Å². The maximum Gasteiger partial charge on any atom is 0.249 e. The van der Waals surface area contributed by atoms with E-state index < -0.39 is 11.6 Å². The molecule has 0 aliphatic carbocycles. The second kappa shape index (κ2) is 5.71. The molecule has 2 unspecified atom stereocenters. The first-order valence-corrected chi connectivity index (χ1v) is 7.04. The van der Waals surface area contributed by atoms with Gasteiger partial charge in [0.15, 0.2) is 0 Å². The molecule has 0 radical (unpaired) electrons. The summed E-state index contributed by atoms with van der Waals surface area (Å²) in [6.07, 6.45) is 0.548. The normalized spacial score (nSPS) is 25.7. The van der Waals surface area contributed by atoms with Gasteiger partial charge in [-0.3, -0.25) is 9.59 Å². The van der Waals surface area contributed by atoms with Gasteiger partial charge in [0, 0.05) is 6.07 Å². The number of piperazine rings is 1. The van der Waals surface area contributed by atoms with Gasteiger partial charge < -0.3 is 15.0 Å². The third-order valence-corrected chi connectivity index (χ3v) is 4.01. The fourth-order valence-electron chi connectivity index (χ4n) is 2.35. The lowest BCUT2D eigenvalue weighted by Crippen LogP contribution is -2.68. The lowest BCUT2D eigenvalue weighted by molar-refractivity contribution is -0.154. The molecule has 0 saturated carbocycles. The molecule has 1 saturated heterocycles. The van der Waals surface area contributed by atoms with Crippen LogP contribution in [-0.4, -0.2) is 40.4 Å². The minimum absolute atomic E-state index is 0.0817. The van der Waals surface area contributed by atoms with E-state index in [-0.39, 0.29) is 11.8 Å². The number of hydrogen-bond donors (Lipinski definition) is 1. The standard InChI is InChI=1S/C15H21N3O3/c1-5-15(3)14(20)18(10(2)13(19)17-15)9-11-7-6-8-12(16-11)21-4/h6-8,10H,5,9H2,1-4H3,(H,17,19). The van der Waals surface area contributed by atoms with Gasteiger partial charge in [-0.15, -0.1) is 0 Å². The zero-order valence-corrected chi connectivity index (χ0v) is 12.8. The maximum absolute atomic E-state index is 12.6. The van der Waals surface area contributed by atoms with Crippen LogP contribution in [0.15, 0.2) is 18.2 Å². The smallest absolute Gasteiger partial charge is 0.249 e. The number of amides is 2. The van der Waals surface area contributed by atoms with Crippen molar-refractivity contribution in [2.45, 2.75) is 45.3 Å². The predicted octanol–water partition coefficient (Wildman–Crippen LogP) is 1.11. The molecule has 1 fully saturated rings. The number of carbonyl (C=O) groups excluding carboxylic acids is 2. The largest absolute Gasteiger partial charge is 0.481 e. The van der Waals surface area contributed by atoms with Crippen LogP contribution in [0, 0.1) is 0 Å². The highest BCUT2D eigenvalue weighted by atomic mass is 16.5. The van der Waals surface area contributed by atoms with Crippen LogP contribution in [0.25, 0.3) is 0 Å². The molecule has 1 aromatic heterocycles. The topological polar surface area (TPSA) is 71.5 Å². The molecule has 2 rings (SSSR count). The van der Waals surface area contributed by atoms with Gasteiger partial charge in [-0.25, -0.2) is 4.98 Å². The van der Waals surface area contributed by atoms with Crippen molar-refractivity contribution in [2.75, 3.05) is 7.11 Å². The minimum atomic E-state index is -0.845. The van der Waals surface area contributed by atoms with E-state index in [0.29, 0.717) is 24.5 Å². The highest BCUT2D eigenvalue weighted by Crippen LogP contribution is 2.23. The summed E-state index contributed by atoms with van der Waals surface area (Å²) >= 11 is 0. The quantitative estimate of drug-likeness (QED) is 0.902. The molecule has 0 spiro atoms. The van der Waals surface area contributed by atoms with Crippen LogP contribution in [0.3, 0.4) is 0 Å². The summed E-state index contributed by atoms with van der Waals surface area (Å²) in [5.74, 6) is 0.274. The SMILES string of the molecule is CCC1(C)NC(=O)C(C)N(Cc2cccc(OC)n2)C1=O. The number of aromatic nitrogens is 1. The minimum Gasteiger partial charge on any atom is -0.481 e. The first kappa shape index (κ1) is 15.3. The Balaban J connectivity index is 2.27. The molecule has 1 N–H and O–H groups in total. The molecule has 6 heteroatoms. The van der Waals surface area contributed by atoms with Crippen molar-refractivity contribution in [3.8, 4) is 5.88 Å². The number of pyridine rings is 1. The van der Waals surface area contributed by atoms with E-state index in [1.165, 1.54) is 0 Å². The molecular formula is C15H21N3O3. The van der Waals surface area contributed by atoms with Gasteiger partial charge in [-0.2, -0.15) is 0 Å². The second-order valence-corrected chi connectivity index (χ2v) is 5.46. The van der Waals surface area contributed by atoms with Crippen LogP contribution in [0.2, 0.25) is 0 Å². The van der Waals surface area contributed by atoms with Gasteiger partial charge in [0.2, 0.25) is 17.7 Å². The van der Waals surface area contributed by atoms with Crippen LogP contribution in [0.4, 0.5) is 0 Å². The Labute approximate surface area is 124 Å². The van der Waals surface area contributed by atoms with E-state index in [1.807, 2.05) is 19.1 Å². The van der Waals surface area contributed by atoms with Crippen LogP contribution in [0.1, 0.15) is 32.9 Å². The van der Waals surface area contributed by atoms with Gasteiger partial charge in [-0.05, 0) is 26.3 Å². The summed E-state index contributed by atoms with van der Waals surface area (Å²) in [6.45, 7) is 5.66. The van der Waals surface area contributed by atoms with Gasteiger partial charge in [0.1, 0.15) is 11.6 Å². The first-order valence-electron chi connectivity index (χ1n) is 7.04. The first-order chi connectivity index (χ1) is 9.91. The molecule has 6 nitrogen and oxygen atoms in total. The number of rotatable bonds is 4. The molecule has 2 amide bonds. The van der Waals surface area contributed by atoms with Gasteiger partial charge in [0.05, 0.1) is 19.3 Å². The number of carbonyl (C=O) groups is 2. The van der Waals surface area contributed by atoms with Crippen molar-refractivity contribution >= 4 is 11.8 Å². The Kier molecular flexibility index (Phi) is 4.16. The van der Waals surface area contributed by atoms with Crippen molar-refractivity contribution in [3.05, 3.63) is 23.9 Å². The van der Waals surface area contributed by atoms with Gasteiger partial charge in [0.25, 0.3) is 0 Å². The highest BCUT2D eigenvalue weighted by molar-refractivity contribution is 5.99. The summed E-state index contributed by atoms with van der Waals surface area (Å²) in [5.41, 5.74) is -0.148. The molecule has 0 bridgehead atoms. The van der Waals surface area contributed by atoms with Crippen molar-refractivity contribution in [1.82, 2.24) is 15.2 Å². The molecule has 0 aromatic carbocycles. The third kappa shape index (κ3) is 2.84. The second-order valence-electron chi connectivity index (χ2n) is 5.46. The molecular weight excluding hydrogens is 270 g/mol. The van der Waals surface area contributed by atoms with Crippen molar-refractivity contribution in [2.24, 2.45) is 0 Å². The monoisotopic (exact) mass is 291 g/mol. The van der Waals surface area contributed by atoms with Crippen molar-refractivity contribution in [1.29, 1.82) is 0 Å². The molecule has 1 aliphatic rings. The van der Waals surface area contributed by atoms with E-state index in [2.05, 4.69) is 10.3 Å². The van der Waals surface area contributed by atoms with Crippen LogP contribution < -0.4 is 10.1 Å². The van der Waals surface area contributed by atoms with E-state index in [9.17, 15) is 9.59 Å². The van der Waals surface area contributed by atoms with Crippen LogP contribution >= 0.6 is 0 Å². The Hall–Kier alpha value is -2.11. The number of methoxy groups -OCH3 is 1. The number of nitrogens with zero attached hydrogens (tertiary/aromatic N) is 2. The average Bonchev–Trinajstić information content (AvgIpc) is 2.50. The molecule has 2 heterocycles. The molecule has 2 atom stereocenters. The number of hydrogen-bond acceptors (Lipinski definition) is 4. The molecule has 1 aromatic rings. The summed E-state index contributed by atoms with van der Waals surface area (Å²) in [6, 6.07) is 4.87. The molecule has 21 heavy (non-hydrogen) atoms. The van der Waals surface area contributed by atoms with Gasteiger partial charge >= 0.3 is 0 Å². The van der Waals surface area contributed by atoms with E-state index in [0.717, 1.165) is 0 Å². The summed E-state index contributed by atoms with van der Waals surface area (Å²) in [7, 11) is 1.54. The Morgan fingerprint density at radius 1 is 1.43 bits per heavy atom. The third-order valence-electron chi connectivity index (χ3n) is 4.01. The Morgan fingerprint density at radius 3 is 2.76 bits per heavy atom. The van der Waals surface area contributed by atoms with Crippen molar-refractivity contribution < 1.29 is 14.3 Å². The maximum atomic E-state index is 12.6. The van der Waals surface area contributed by atoms with Crippen molar-refractivity contribution in [3.63, 3.8) is 0 Å². The van der Waals surface area contributed by atoms with E-state index >= 15 is 0 Å². The zero-order chi connectivity index (χ0) is 15.6. The summed E-state index contributed by atoms with van der Waals surface area (Å²) < 4.78 is 5.09. The number of ether oxygens (including phenoxy) is 1. The molecule has 114 valence electrons. The Morgan fingerprint density at radius 2 is 2.14 bits per heavy atom. The highest BCUT2D eigenvalue weighted by Gasteiger charge is 2.45. The van der Waals surface area contributed by atoms with E-state index in [1.54, 1.807) is 31.9 Å². The zero-order valence-electron chi connectivity index (χ0n) is 12.8. The Bertz CT molecular complexity index is 561. The molecule has 1 aliphatic heterocycles. The fourth-order valence-corrected chi connectivity index (χ4v) is 2.35. The average molecular weight is 291 g/mol. The predicted molar refractivity (Wildman–Crippen MR) is 77.6 cm³/mol. The summed E-state index contributed by atoms with van der Waals surface area (Å²) in [4.78, 5) is 30.6. The lowest BCUT2D eigenvalue weighted by Gasteiger charge is -2.42. The lowest BCUT2D eigenvalue weighted by atomic mass is 9.92. The van der Waals surface area contributed by atoms with Crippen LogP contribution in [-0.2, 0) is 16.1 Å². The van der Waals surface area contributed by atoms with E-state index in [4.69, 9.17) is 4.74 Å². The fraction of sp³-hybridized carbons (Fsp3) is 0.533.